The topological polar surface area (TPSA) is 237 Å². The predicted octanol–water partition coefficient (Wildman–Crippen LogP) is 24.0. The number of aliphatic hydroxyl groups is 1. The molecule has 0 heterocycles. The van der Waals surface area contributed by atoms with E-state index in [1.54, 1.807) is 0 Å². The molecule has 0 saturated heterocycles. The van der Waals surface area contributed by atoms with E-state index in [9.17, 15) is 43.2 Å². The Balaban J connectivity index is 5.23. The Morgan fingerprint density at radius 1 is 0.250 bits per heavy atom. The Kier molecular flexibility index (Phi) is 68.7. The highest BCUT2D eigenvalue weighted by Crippen LogP contribution is 2.45. The van der Waals surface area contributed by atoms with Crippen molar-refractivity contribution in [1.82, 2.24) is 0 Å². The van der Waals surface area contributed by atoms with E-state index in [0.717, 1.165) is 114 Å². The Labute approximate surface area is 613 Å². The van der Waals surface area contributed by atoms with E-state index < -0.39 is 97.5 Å². The van der Waals surface area contributed by atoms with Gasteiger partial charge in [0.25, 0.3) is 0 Å². The van der Waals surface area contributed by atoms with Gasteiger partial charge in [0.2, 0.25) is 0 Å². The molecule has 0 radical (unpaired) electrons. The first-order valence-electron chi connectivity index (χ1n) is 41.7. The average molecular weight is 1470 g/mol. The van der Waals surface area contributed by atoms with Crippen LogP contribution < -0.4 is 0 Å². The second-order valence-electron chi connectivity index (χ2n) is 31.1. The molecule has 3 N–H and O–H groups in total. The first-order valence-corrected chi connectivity index (χ1v) is 44.7. The maximum atomic E-state index is 13.1. The summed E-state index contributed by atoms with van der Waals surface area (Å²) in [4.78, 5) is 73.0. The van der Waals surface area contributed by atoms with Crippen molar-refractivity contribution in [3.8, 4) is 0 Å². The Hall–Kier alpha value is -1.94. The monoisotopic (exact) mass is 1470 g/mol. The third-order valence-electron chi connectivity index (χ3n) is 18.8. The molecule has 0 aliphatic carbocycles. The molecule has 0 bridgehead atoms. The molecule has 0 aromatic rings. The summed E-state index contributed by atoms with van der Waals surface area (Å²) in [5.41, 5.74) is 0. The summed E-state index contributed by atoms with van der Waals surface area (Å²) in [6.07, 6.45) is 57.0. The van der Waals surface area contributed by atoms with Gasteiger partial charge >= 0.3 is 39.5 Å². The molecule has 0 rings (SSSR count). The van der Waals surface area contributed by atoms with Gasteiger partial charge in [-0.1, -0.05) is 364 Å². The van der Waals surface area contributed by atoms with Gasteiger partial charge < -0.3 is 33.8 Å². The van der Waals surface area contributed by atoms with E-state index in [1.807, 2.05) is 0 Å². The lowest BCUT2D eigenvalue weighted by Gasteiger charge is -2.21. The lowest BCUT2D eigenvalue weighted by atomic mass is 10.0. The van der Waals surface area contributed by atoms with Gasteiger partial charge in [-0.3, -0.25) is 37.3 Å². The van der Waals surface area contributed by atoms with E-state index in [2.05, 4.69) is 55.4 Å². The predicted molar refractivity (Wildman–Crippen MR) is 409 cm³/mol. The number of carbonyl (C=O) groups is 4. The van der Waals surface area contributed by atoms with Gasteiger partial charge in [0.05, 0.1) is 26.4 Å². The van der Waals surface area contributed by atoms with E-state index in [-0.39, 0.29) is 25.7 Å². The summed E-state index contributed by atoms with van der Waals surface area (Å²) in [6, 6.07) is 0. The van der Waals surface area contributed by atoms with Crippen LogP contribution in [0.25, 0.3) is 0 Å². The van der Waals surface area contributed by atoms with Crippen molar-refractivity contribution in [1.29, 1.82) is 0 Å². The normalized spacial score (nSPS) is 14.0. The van der Waals surface area contributed by atoms with Gasteiger partial charge in [-0.25, -0.2) is 9.13 Å². The number of unbranched alkanes of at least 4 members (excludes halogenated alkanes) is 44. The fourth-order valence-electron chi connectivity index (χ4n) is 12.4. The van der Waals surface area contributed by atoms with E-state index in [4.69, 9.17) is 37.0 Å². The second-order valence-corrected chi connectivity index (χ2v) is 34.0. The van der Waals surface area contributed by atoms with E-state index >= 15 is 0 Å². The van der Waals surface area contributed by atoms with Crippen LogP contribution in [0.15, 0.2) is 0 Å². The van der Waals surface area contributed by atoms with Gasteiger partial charge in [-0.05, 0) is 49.4 Å². The summed E-state index contributed by atoms with van der Waals surface area (Å²) in [6.45, 7) is 14.2. The maximum absolute atomic E-state index is 13.1. The molecule has 594 valence electrons. The Morgan fingerprint density at radius 2 is 0.420 bits per heavy atom. The third kappa shape index (κ3) is 74.3. The minimum absolute atomic E-state index is 0.106. The summed E-state index contributed by atoms with van der Waals surface area (Å²) in [5, 5.41) is 10.6. The zero-order valence-corrected chi connectivity index (χ0v) is 67.6. The molecule has 2 unspecified atom stereocenters. The summed E-state index contributed by atoms with van der Waals surface area (Å²) < 4.78 is 68.7. The molecule has 0 saturated carbocycles. The number of phosphoric acid groups is 2. The zero-order chi connectivity index (χ0) is 73.8. The Morgan fingerprint density at radius 3 is 0.620 bits per heavy atom. The fourth-order valence-corrected chi connectivity index (χ4v) is 14.0. The first-order chi connectivity index (χ1) is 48.1. The molecule has 100 heavy (non-hydrogen) atoms. The zero-order valence-electron chi connectivity index (χ0n) is 65.8. The number of esters is 4. The minimum Gasteiger partial charge on any atom is -0.462 e. The molecular weight excluding hydrogens is 1310 g/mol. The molecule has 0 fully saturated rings. The molecule has 0 amide bonds. The number of hydrogen-bond acceptors (Lipinski definition) is 15. The standard InChI is InChI=1S/C81H158O17P2/c1-71(2)57-49-41-33-27-21-15-11-9-13-17-24-30-36-45-53-61-78(83)91-67-76(97-80(85)63-55-47-37-31-25-18-14-10-12-16-22-28-34-42-50-58-72(3)4)69-95-99(87,88)93-65-75(82)66-94-100(89,90)96-70-77(68-92-79(84)62-54-46-40-39-44-52-60-74(7)8)98-81(86)64-56-48-38-32-26-20-19-23-29-35-43-51-59-73(5)6/h71-77,82H,9-70H2,1-8H3,(H,87,88)(H,89,90)/t75-,76-,77-/m1/s1. The number of ether oxygens (including phenoxy) is 4. The van der Waals surface area contributed by atoms with Crippen LogP contribution in [0.2, 0.25) is 0 Å². The molecule has 0 aliphatic rings. The molecule has 19 heteroatoms. The molecule has 0 aromatic heterocycles. The number of aliphatic hydroxyl groups excluding tert-OH is 1. The van der Waals surface area contributed by atoms with Crippen LogP contribution in [0.1, 0.15) is 415 Å². The Bertz CT molecular complexity index is 1950. The molecular formula is C81H158O17P2. The smallest absolute Gasteiger partial charge is 0.462 e. The molecule has 0 spiro atoms. The van der Waals surface area contributed by atoms with Crippen molar-refractivity contribution in [2.45, 2.75) is 433 Å². The maximum Gasteiger partial charge on any atom is 0.472 e. The minimum atomic E-state index is -4.96. The SMILES string of the molecule is CC(C)CCCCCCCCCCCCCCCCCC(=O)OC[C@H](COP(=O)(O)OC[C@@H](O)COP(=O)(O)OC[C@@H](COC(=O)CCCCCCCCC(C)C)OC(=O)CCCCCCCCCCCCCCC(C)C)OC(=O)CCCCCCCCCCCCCCCCCC(C)C. The molecule has 0 aromatic carbocycles. The van der Waals surface area contributed by atoms with Crippen LogP contribution in [0, 0.1) is 23.7 Å². The molecule has 17 nitrogen and oxygen atoms in total. The van der Waals surface area contributed by atoms with Gasteiger partial charge in [-0.2, -0.15) is 0 Å². The first kappa shape index (κ1) is 98.1. The molecule has 5 atom stereocenters. The van der Waals surface area contributed by atoms with Gasteiger partial charge in [0.1, 0.15) is 19.3 Å². The number of phosphoric ester groups is 2. The van der Waals surface area contributed by atoms with Crippen LogP contribution >= 0.6 is 15.6 Å². The average Bonchev–Trinajstić information content (AvgIpc) is 0.934. The van der Waals surface area contributed by atoms with Crippen LogP contribution in [0.3, 0.4) is 0 Å². The van der Waals surface area contributed by atoms with Crippen LogP contribution in [-0.2, 0) is 65.4 Å². The van der Waals surface area contributed by atoms with Crippen LogP contribution in [0.5, 0.6) is 0 Å². The van der Waals surface area contributed by atoms with Crippen molar-refractivity contribution in [3.63, 3.8) is 0 Å². The highest BCUT2D eigenvalue weighted by atomic mass is 31.2. The van der Waals surface area contributed by atoms with Crippen molar-refractivity contribution in [2.24, 2.45) is 23.7 Å². The van der Waals surface area contributed by atoms with Crippen molar-refractivity contribution >= 4 is 39.5 Å². The lowest BCUT2D eigenvalue weighted by Crippen LogP contribution is -2.30. The van der Waals surface area contributed by atoms with Crippen LogP contribution in [-0.4, -0.2) is 96.7 Å². The van der Waals surface area contributed by atoms with Crippen molar-refractivity contribution in [2.75, 3.05) is 39.6 Å². The fraction of sp³-hybridized carbons (Fsp3) is 0.951. The van der Waals surface area contributed by atoms with Crippen molar-refractivity contribution < 1.29 is 80.2 Å². The highest BCUT2D eigenvalue weighted by molar-refractivity contribution is 7.47. The third-order valence-corrected chi connectivity index (χ3v) is 20.7. The summed E-state index contributed by atoms with van der Waals surface area (Å²) >= 11 is 0. The molecule has 0 aliphatic heterocycles. The highest BCUT2D eigenvalue weighted by Gasteiger charge is 2.30. The van der Waals surface area contributed by atoms with E-state index in [0.29, 0.717) is 31.6 Å². The number of hydrogen-bond donors (Lipinski definition) is 3. The van der Waals surface area contributed by atoms with E-state index in [1.165, 1.54) is 212 Å². The lowest BCUT2D eigenvalue weighted by molar-refractivity contribution is -0.161. The van der Waals surface area contributed by atoms with Crippen LogP contribution in [0.4, 0.5) is 0 Å². The van der Waals surface area contributed by atoms with Gasteiger partial charge in [0, 0.05) is 25.7 Å². The summed E-state index contributed by atoms with van der Waals surface area (Å²) in [7, 11) is -9.92. The quantitative estimate of drug-likeness (QED) is 0.0222. The van der Waals surface area contributed by atoms with Crippen molar-refractivity contribution in [3.05, 3.63) is 0 Å². The number of rotatable bonds is 78. The van der Waals surface area contributed by atoms with Gasteiger partial charge in [-0.15, -0.1) is 0 Å². The number of carbonyl (C=O) groups excluding carboxylic acids is 4. The largest absolute Gasteiger partial charge is 0.472 e. The second kappa shape index (κ2) is 70.1. The summed E-state index contributed by atoms with van der Waals surface area (Å²) in [5.74, 6) is 0.950. The van der Waals surface area contributed by atoms with Gasteiger partial charge in [0.15, 0.2) is 12.2 Å².